The smallest absolute Gasteiger partial charge is 0.162 e. The van der Waals surface area contributed by atoms with Crippen LogP contribution in [0, 0.1) is 0 Å². The number of benzene rings is 11. The number of thiophene rings is 1. The molecule has 0 aliphatic carbocycles. The molecule has 4 aromatic heterocycles. The molecule has 0 saturated heterocycles. The summed E-state index contributed by atoms with van der Waals surface area (Å²) in [6.07, 6.45) is 0. The largest absolute Gasteiger partial charge is 0.309 e. The first-order valence-corrected chi connectivity index (χ1v) is 30.5. The van der Waals surface area contributed by atoms with Crippen molar-refractivity contribution in [1.82, 2.24) is 24.5 Å². The van der Waals surface area contributed by atoms with E-state index in [1.807, 2.05) is 35.2 Å². The molecule has 0 atom stereocenters. The zero-order valence-corrected chi connectivity index (χ0v) is 47.8. The molecule has 402 valence electrons. The van der Waals surface area contributed by atoms with Crippen molar-refractivity contribution < 1.29 is 0 Å². The predicted molar refractivity (Wildman–Crippen MR) is 357 cm³/mol. The van der Waals surface area contributed by atoms with Gasteiger partial charge in [0.25, 0.3) is 0 Å². The molecule has 6 heterocycles. The van der Waals surface area contributed by atoms with Crippen LogP contribution in [-0.2, 0) is 0 Å². The Kier molecular flexibility index (Phi) is 11.9. The fourth-order valence-electron chi connectivity index (χ4n) is 12.6. The quantitative estimate of drug-likeness (QED) is 0.151. The molecule has 0 radical (unpaired) electrons. The van der Waals surface area contributed by atoms with Gasteiger partial charge in [0.15, 0.2) is 11.6 Å². The molecule has 8 heteroatoms. The van der Waals surface area contributed by atoms with E-state index >= 15 is 0 Å². The van der Waals surface area contributed by atoms with Crippen LogP contribution in [0.25, 0.3) is 138 Å². The van der Waals surface area contributed by atoms with Crippen molar-refractivity contribution >= 4 is 61.3 Å². The summed E-state index contributed by atoms with van der Waals surface area (Å²) in [5.74, 6) is 2.13. The number of hydrogen-bond donors (Lipinski definition) is 0. The minimum Gasteiger partial charge on any atom is -0.309 e. The number of aromatic nitrogens is 5. The van der Waals surface area contributed by atoms with E-state index in [1.165, 1.54) is 63.5 Å². The third kappa shape index (κ3) is 8.40. The average Bonchev–Trinajstić information content (AvgIpc) is 1.77. The highest BCUT2D eigenvalue weighted by Gasteiger charge is 2.32. The molecule has 0 unspecified atom stereocenters. The van der Waals surface area contributed by atoms with Crippen LogP contribution >= 0.6 is 23.1 Å². The summed E-state index contributed by atoms with van der Waals surface area (Å²) < 4.78 is 3.72. The molecule has 2 aliphatic rings. The molecule has 11 aromatic carbocycles. The maximum Gasteiger partial charge on any atom is 0.162 e. The first-order chi connectivity index (χ1) is 42.6. The first kappa shape index (κ1) is 49.8. The fourth-order valence-corrected chi connectivity index (χ4v) is 15.0. The highest BCUT2D eigenvalue weighted by molar-refractivity contribution is 7.99. The van der Waals surface area contributed by atoms with E-state index in [0.29, 0.717) is 11.6 Å². The van der Waals surface area contributed by atoms with Crippen LogP contribution in [0.4, 0.5) is 17.2 Å². The second-order valence-electron chi connectivity index (χ2n) is 21.7. The number of para-hydroxylation sites is 3. The Labute approximate surface area is 505 Å². The molecule has 15 aromatic rings. The molecule has 0 fully saturated rings. The van der Waals surface area contributed by atoms with Gasteiger partial charge in [0.05, 0.1) is 39.7 Å². The number of nitrogens with zero attached hydrogens (tertiary/aromatic N) is 6. The zero-order valence-electron chi connectivity index (χ0n) is 46.2. The molecule has 17 rings (SSSR count). The number of hydrogen-bond acceptors (Lipinski definition) is 7. The monoisotopic (exact) mass is 1130 g/mol. The van der Waals surface area contributed by atoms with Crippen molar-refractivity contribution in [3.8, 4) is 117 Å². The van der Waals surface area contributed by atoms with Crippen molar-refractivity contribution in [3.63, 3.8) is 0 Å². The zero-order chi connectivity index (χ0) is 56.7. The predicted octanol–water partition coefficient (Wildman–Crippen LogP) is 21.3. The van der Waals surface area contributed by atoms with Gasteiger partial charge >= 0.3 is 0 Å². The Morgan fingerprint density at radius 3 is 1.57 bits per heavy atom. The molecular formula is C78H48N6S2. The molecule has 0 N–H and O–H groups in total. The topological polar surface area (TPSA) is 59.7 Å². The van der Waals surface area contributed by atoms with Crippen LogP contribution in [0.5, 0.6) is 0 Å². The van der Waals surface area contributed by atoms with E-state index in [2.05, 4.69) is 289 Å². The summed E-state index contributed by atoms with van der Waals surface area (Å²) in [6.45, 7) is 0. The van der Waals surface area contributed by atoms with E-state index < -0.39 is 0 Å². The summed E-state index contributed by atoms with van der Waals surface area (Å²) in [5, 5.41) is 2.45. The van der Waals surface area contributed by atoms with Crippen LogP contribution in [0.15, 0.2) is 301 Å². The van der Waals surface area contributed by atoms with Crippen molar-refractivity contribution in [3.05, 3.63) is 291 Å². The molecule has 6 nitrogen and oxygen atoms in total. The van der Waals surface area contributed by atoms with Crippen LogP contribution in [0.3, 0.4) is 0 Å². The van der Waals surface area contributed by atoms with Gasteiger partial charge in [-0.3, -0.25) is 4.90 Å². The molecule has 0 amide bonds. The fraction of sp³-hybridized carbons (Fsp3) is 0. The van der Waals surface area contributed by atoms with Crippen molar-refractivity contribution in [2.24, 2.45) is 0 Å². The Balaban J connectivity index is 0.776. The molecule has 0 spiro atoms. The van der Waals surface area contributed by atoms with Gasteiger partial charge in [-0.05, 0) is 89.5 Å². The Morgan fingerprint density at radius 1 is 0.314 bits per heavy atom. The molecule has 2 aliphatic heterocycles. The Hall–Kier alpha value is -10.8. The van der Waals surface area contributed by atoms with Gasteiger partial charge in [0, 0.05) is 97.5 Å². The summed E-state index contributed by atoms with van der Waals surface area (Å²) in [6, 6.07) is 104. The van der Waals surface area contributed by atoms with Gasteiger partial charge < -0.3 is 4.57 Å². The van der Waals surface area contributed by atoms with E-state index in [4.69, 9.17) is 19.9 Å². The third-order valence-electron chi connectivity index (χ3n) is 16.6. The van der Waals surface area contributed by atoms with E-state index in [0.717, 1.165) is 90.1 Å². The van der Waals surface area contributed by atoms with Crippen LogP contribution in [0.1, 0.15) is 0 Å². The van der Waals surface area contributed by atoms with Gasteiger partial charge in [-0.1, -0.05) is 224 Å². The lowest BCUT2D eigenvalue weighted by molar-refractivity contribution is 1.12. The van der Waals surface area contributed by atoms with Gasteiger partial charge in [0.1, 0.15) is 5.82 Å². The highest BCUT2D eigenvalue weighted by atomic mass is 32.2. The standard InChI is InChI=1S/C78H48N6S2/c1-4-21-49(22-5-1)63-47-64(50-23-6-2-7-24-50)80-77(79-63)52-39-42-56(43-40-52)83-66-34-15-10-29-57(66)73-61-44-41-54(46-71(61)85-70-38-19-14-33-62(70)75(73)83)53-27-20-28-55(45-53)78-81-65(51-25-8-3-9-26-51)48-72(82-78)84-67-35-16-11-30-58(67)74-60-32-13-18-37-69(60)86-76(74)59-31-12-17-36-68(59)84/h1-48H. The Morgan fingerprint density at radius 2 is 0.849 bits per heavy atom. The average molecular weight is 1130 g/mol. The third-order valence-corrected chi connectivity index (χ3v) is 18.9. The summed E-state index contributed by atoms with van der Waals surface area (Å²) in [5.41, 5.74) is 22.5. The molecular weight excluding hydrogens is 1090 g/mol. The number of rotatable bonds is 8. The lowest BCUT2D eigenvalue weighted by Gasteiger charge is -2.27. The molecule has 0 bridgehead atoms. The van der Waals surface area contributed by atoms with Gasteiger partial charge in [-0.2, -0.15) is 0 Å². The maximum absolute atomic E-state index is 5.58. The SMILES string of the molecule is c1ccc(-c2cc(-c3ccccc3)nc(-c3ccc(-n4c5c(c6ccccc64)-c4ccc(-c6cccc(-c7nc(-c8ccccc8)cc(N8c9ccccc9-c9sc%10ccccc%10c9-c9ccccc98)n7)c6)cc4Sc4ccccc4-5)cc3)n2)cc1. The van der Waals surface area contributed by atoms with Crippen LogP contribution in [-0.4, -0.2) is 24.5 Å². The van der Waals surface area contributed by atoms with Crippen LogP contribution < -0.4 is 4.90 Å². The first-order valence-electron chi connectivity index (χ1n) is 28.9. The lowest BCUT2D eigenvalue weighted by atomic mass is 9.95. The second kappa shape index (κ2) is 20.5. The van der Waals surface area contributed by atoms with Gasteiger partial charge in [0.2, 0.25) is 0 Å². The van der Waals surface area contributed by atoms with Crippen molar-refractivity contribution in [1.29, 1.82) is 0 Å². The maximum atomic E-state index is 5.58. The van der Waals surface area contributed by atoms with Gasteiger partial charge in [-0.25, -0.2) is 19.9 Å². The van der Waals surface area contributed by atoms with E-state index in [1.54, 1.807) is 0 Å². The number of fused-ring (bicyclic) bond motifs is 14. The summed E-state index contributed by atoms with van der Waals surface area (Å²) >= 11 is 3.68. The van der Waals surface area contributed by atoms with E-state index in [-0.39, 0.29) is 0 Å². The van der Waals surface area contributed by atoms with Crippen molar-refractivity contribution in [2.75, 3.05) is 4.90 Å². The minimum absolute atomic E-state index is 0.649. The van der Waals surface area contributed by atoms with Gasteiger partial charge in [-0.15, -0.1) is 11.3 Å². The summed E-state index contributed by atoms with van der Waals surface area (Å²) in [7, 11) is 0. The van der Waals surface area contributed by atoms with E-state index in [9.17, 15) is 0 Å². The molecule has 86 heavy (non-hydrogen) atoms. The Bertz CT molecular complexity index is 5090. The van der Waals surface area contributed by atoms with Crippen molar-refractivity contribution in [2.45, 2.75) is 9.79 Å². The second-order valence-corrected chi connectivity index (χ2v) is 23.8. The lowest BCUT2D eigenvalue weighted by Crippen LogP contribution is -2.13. The normalized spacial score (nSPS) is 12.1. The number of anilines is 3. The van der Waals surface area contributed by atoms with Crippen LogP contribution in [0.2, 0.25) is 0 Å². The minimum atomic E-state index is 0.649. The highest BCUT2D eigenvalue weighted by Crippen LogP contribution is 2.57. The summed E-state index contributed by atoms with van der Waals surface area (Å²) in [4.78, 5) is 27.3. The molecule has 0 saturated carbocycles.